The van der Waals surface area contributed by atoms with Crippen molar-refractivity contribution in [1.82, 2.24) is 4.90 Å². The molecule has 1 aromatic rings. The van der Waals surface area contributed by atoms with Crippen LogP contribution in [-0.4, -0.2) is 29.9 Å². The summed E-state index contributed by atoms with van der Waals surface area (Å²) in [7, 11) is 0. The molecule has 3 heteroatoms. The molecule has 1 amide bonds. The molecule has 1 saturated heterocycles. The summed E-state index contributed by atoms with van der Waals surface area (Å²) in [5.74, 6) is 1.36. The summed E-state index contributed by atoms with van der Waals surface area (Å²) >= 11 is 0. The summed E-state index contributed by atoms with van der Waals surface area (Å²) in [4.78, 5) is 14.9. The number of anilines is 1. The van der Waals surface area contributed by atoms with Crippen LogP contribution in [0.4, 0.5) is 5.69 Å². The first-order valence-corrected chi connectivity index (χ1v) is 7.74. The van der Waals surface area contributed by atoms with Crippen molar-refractivity contribution < 1.29 is 4.79 Å². The number of fused-ring (bicyclic) bond motifs is 1. The highest BCUT2D eigenvalue weighted by molar-refractivity contribution is 5.95. The van der Waals surface area contributed by atoms with E-state index in [4.69, 9.17) is 0 Å². The largest absolute Gasteiger partial charge is 0.384 e. The molecule has 0 saturated carbocycles. The predicted octanol–water partition coefficient (Wildman–Crippen LogP) is 3.16. The van der Waals surface area contributed by atoms with E-state index in [0.29, 0.717) is 17.9 Å². The topological polar surface area (TPSA) is 32.3 Å². The number of nitrogens with one attached hydrogen (secondary N) is 1. The van der Waals surface area contributed by atoms with E-state index in [1.807, 2.05) is 12.1 Å². The first kappa shape index (κ1) is 13.5. The van der Waals surface area contributed by atoms with Gasteiger partial charge in [0.2, 0.25) is 0 Å². The normalized spacial score (nSPS) is 28.9. The molecule has 1 fully saturated rings. The minimum absolute atomic E-state index is 0.187. The number of likely N-dealkylation sites (tertiary alicyclic amines) is 1. The van der Waals surface area contributed by atoms with Gasteiger partial charge in [0, 0.05) is 30.4 Å². The third kappa shape index (κ3) is 2.30. The van der Waals surface area contributed by atoms with Crippen molar-refractivity contribution in [2.24, 2.45) is 11.8 Å². The number of nitrogens with zero attached hydrogens (tertiary/aromatic N) is 1. The van der Waals surface area contributed by atoms with Crippen molar-refractivity contribution in [2.45, 2.75) is 39.7 Å². The molecule has 0 radical (unpaired) electrons. The third-order valence-corrected chi connectivity index (χ3v) is 4.93. The van der Waals surface area contributed by atoms with E-state index in [2.05, 4.69) is 37.1 Å². The lowest BCUT2D eigenvalue weighted by atomic mass is 9.85. The molecule has 1 aromatic carbocycles. The number of amides is 1. The second-order valence-corrected chi connectivity index (χ2v) is 6.56. The van der Waals surface area contributed by atoms with Crippen molar-refractivity contribution in [3.8, 4) is 0 Å². The Morgan fingerprint density at radius 2 is 2.10 bits per heavy atom. The molecule has 20 heavy (non-hydrogen) atoms. The van der Waals surface area contributed by atoms with E-state index in [9.17, 15) is 4.79 Å². The Hall–Kier alpha value is -1.51. The van der Waals surface area contributed by atoms with Crippen LogP contribution in [0.25, 0.3) is 0 Å². The molecule has 0 bridgehead atoms. The minimum atomic E-state index is 0.187. The highest BCUT2D eigenvalue weighted by Crippen LogP contribution is 2.29. The maximum absolute atomic E-state index is 12.8. The zero-order valence-electron chi connectivity index (χ0n) is 12.6. The van der Waals surface area contributed by atoms with E-state index in [1.165, 1.54) is 12.0 Å². The lowest BCUT2D eigenvalue weighted by Gasteiger charge is -2.41. The molecule has 2 heterocycles. The molecule has 3 atom stereocenters. The van der Waals surface area contributed by atoms with Gasteiger partial charge in [0.25, 0.3) is 5.91 Å². The molecule has 2 aliphatic rings. The Kier molecular flexibility index (Phi) is 3.45. The second-order valence-electron chi connectivity index (χ2n) is 6.56. The van der Waals surface area contributed by atoms with E-state index >= 15 is 0 Å². The maximum Gasteiger partial charge on any atom is 0.254 e. The average Bonchev–Trinajstić information content (AvgIpc) is 2.89. The number of carbonyl (C=O) groups is 1. The Morgan fingerprint density at radius 3 is 2.90 bits per heavy atom. The molecule has 0 aromatic heterocycles. The van der Waals surface area contributed by atoms with E-state index in [-0.39, 0.29) is 5.91 Å². The van der Waals surface area contributed by atoms with Crippen LogP contribution in [0.1, 0.15) is 43.1 Å². The molecule has 2 aliphatic heterocycles. The Balaban J connectivity index is 1.84. The van der Waals surface area contributed by atoms with E-state index in [0.717, 1.165) is 30.8 Å². The summed E-state index contributed by atoms with van der Waals surface area (Å²) in [5, 5.41) is 3.36. The molecular weight excluding hydrogens is 248 g/mol. The predicted molar refractivity (Wildman–Crippen MR) is 82.1 cm³/mol. The molecule has 3 nitrogen and oxygen atoms in total. The maximum atomic E-state index is 12.8. The smallest absolute Gasteiger partial charge is 0.254 e. The molecule has 108 valence electrons. The first-order valence-electron chi connectivity index (χ1n) is 7.74. The fourth-order valence-electron chi connectivity index (χ4n) is 3.57. The van der Waals surface area contributed by atoms with Gasteiger partial charge in [-0.25, -0.2) is 0 Å². The molecule has 0 aliphatic carbocycles. The van der Waals surface area contributed by atoms with Crippen LogP contribution in [0, 0.1) is 11.8 Å². The van der Waals surface area contributed by atoms with Gasteiger partial charge in [-0.2, -0.15) is 0 Å². The van der Waals surface area contributed by atoms with E-state index < -0.39 is 0 Å². The van der Waals surface area contributed by atoms with Gasteiger partial charge >= 0.3 is 0 Å². The van der Waals surface area contributed by atoms with Gasteiger partial charge in [0.1, 0.15) is 0 Å². The zero-order chi connectivity index (χ0) is 14.3. The van der Waals surface area contributed by atoms with Crippen LogP contribution >= 0.6 is 0 Å². The van der Waals surface area contributed by atoms with Gasteiger partial charge in [-0.3, -0.25) is 4.79 Å². The van der Waals surface area contributed by atoms with Crippen molar-refractivity contribution in [3.63, 3.8) is 0 Å². The van der Waals surface area contributed by atoms with Crippen molar-refractivity contribution >= 4 is 11.6 Å². The summed E-state index contributed by atoms with van der Waals surface area (Å²) in [6, 6.07) is 6.45. The van der Waals surface area contributed by atoms with Crippen LogP contribution in [0.5, 0.6) is 0 Å². The van der Waals surface area contributed by atoms with Gasteiger partial charge in [-0.1, -0.05) is 19.9 Å². The SMILES string of the molecule is CC1CC(C)C(C)N(C(=O)c2ccc3c(c2)NCC3)C1. The average molecular weight is 272 g/mol. The first-order chi connectivity index (χ1) is 9.56. The summed E-state index contributed by atoms with van der Waals surface area (Å²) in [6.45, 7) is 8.55. The molecule has 0 spiro atoms. The quantitative estimate of drug-likeness (QED) is 0.851. The van der Waals surface area contributed by atoms with Crippen molar-refractivity contribution in [1.29, 1.82) is 0 Å². The number of rotatable bonds is 1. The van der Waals surface area contributed by atoms with Gasteiger partial charge in [0.05, 0.1) is 0 Å². The highest BCUT2D eigenvalue weighted by Gasteiger charge is 2.32. The van der Waals surface area contributed by atoms with Gasteiger partial charge in [-0.05, 0) is 49.3 Å². The lowest BCUT2D eigenvalue weighted by molar-refractivity contribution is 0.0456. The third-order valence-electron chi connectivity index (χ3n) is 4.93. The van der Waals surface area contributed by atoms with Gasteiger partial charge in [0.15, 0.2) is 0 Å². The monoisotopic (exact) mass is 272 g/mol. The zero-order valence-corrected chi connectivity index (χ0v) is 12.6. The van der Waals surface area contributed by atoms with Crippen LogP contribution < -0.4 is 5.32 Å². The Morgan fingerprint density at radius 1 is 1.30 bits per heavy atom. The number of piperidine rings is 1. The standard InChI is InChI=1S/C17H24N2O/c1-11-8-12(2)13(3)19(10-11)17(20)15-5-4-14-6-7-18-16(14)9-15/h4-5,9,11-13,18H,6-8,10H2,1-3H3. The van der Waals surface area contributed by atoms with Crippen LogP contribution in [-0.2, 0) is 6.42 Å². The van der Waals surface area contributed by atoms with Crippen LogP contribution in [0.2, 0.25) is 0 Å². The fraction of sp³-hybridized carbons (Fsp3) is 0.588. The Labute approximate surface area is 121 Å². The van der Waals surface area contributed by atoms with E-state index in [1.54, 1.807) is 0 Å². The highest BCUT2D eigenvalue weighted by atomic mass is 16.2. The summed E-state index contributed by atoms with van der Waals surface area (Å²) in [6.07, 6.45) is 2.29. The molecule has 1 N–H and O–H groups in total. The van der Waals surface area contributed by atoms with Crippen molar-refractivity contribution in [2.75, 3.05) is 18.4 Å². The number of benzene rings is 1. The molecule has 3 rings (SSSR count). The number of hydrogen-bond acceptors (Lipinski definition) is 2. The molecular formula is C17H24N2O. The van der Waals surface area contributed by atoms with Crippen molar-refractivity contribution in [3.05, 3.63) is 29.3 Å². The van der Waals surface area contributed by atoms with Gasteiger partial charge in [-0.15, -0.1) is 0 Å². The van der Waals surface area contributed by atoms with Gasteiger partial charge < -0.3 is 10.2 Å². The number of carbonyl (C=O) groups excluding carboxylic acids is 1. The minimum Gasteiger partial charge on any atom is -0.384 e. The fourth-order valence-corrected chi connectivity index (χ4v) is 3.57. The van der Waals surface area contributed by atoms with Crippen LogP contribution in [0.3, 0.4) is 0 Å². The second kappa shape index (κ2) is 5.12. The summed E-state index contributed by atoms with van der Waals surface area (Å²) in [5.41, 5.74) is 3.29. The Bertz CT molecular complexity index is 526. The lowest BCUT2D eigenvalue weighted by Crippen LogP contribution is -2.48. The summed E-state index contributed by atoms with van der Waals surface area (Å²) < 4.78 is 0. The van der Waals surface area contributed by atoms with Crippen LogP contribution in [0.15, 0.2) is 18.2 Å². The molecule has 3 unspecified atom stereocenters. The number of hydrogen-bond donors (Lipinski definition) is 1.